The van der Waals surface area contributed by atoms with E-state index in [1.54, 1.807) is 10.3 Å². The van der Waals surface area contributed by atoms with Crippen molar-refractivity contribution >= 4 is 22.9 Å². The molecular formula is C13H13N3OS. The Morgan fingerprint density at radius 3 is 3.06 bits per heavy atom. The molecule has 0 fully saturated rings. The maximum absolute atomic E-state index is 12.4. The lowest BCUT2D eigenvalue weighted by atomic mass is 10.2. The summed E-state index contributed by atoms with van der Waals surface area (Å²) in [6.45, 7) is 1.11. The summed E-state index contributed by atoms with van der Waals surface area (Å²) in [6.07, 6.45) is 0.912. The van der Waals surface area contributed by atoms with Gasteiger partial charge in [-0.2, -0.15) is 0 Å². The van der Waals surface area contributed by atoms with Crippen LogP contribution in [0, 0.1) is 0 Å². The number of carbonyl (C=O) groups excluding carboxylic acids is 1. The summed E-state index contributed by atoms with van der Waals surface area (Å²) in [5, 5.41) is 2.58. The van der Waals surface area contributed by atoms with Crippen molar-refractivity contribution < 1.29 is 4.79 Å². The molecule has 0 bridgehead atoms. The van der Waals surface area contributed by atoms with Gasteiger partial charge in [0, 0.05) is 24.2 Å². The molecule has 5 heteroatoms. The fraction of sp³-hybridized carbons (Fsp3) is 0.231. The lowest BCUT2D eigenvalue weighted by molar-refractivity contribution is 0.0985. The van der Waals surface area contributed by atoms with Crippen LogP contribution in [0.3, 0.4) is 0 Å². The van der Waals surface area contributed by atoms with Gasteiger partial charge in [-0.15, -0.1) is 11.3 Å². The number of carbonyl (C=O) groups is 1. The quantitative estimate of drug-likeness (QED) is 0.894. The molecule has 0 saturated carbocycles. The van der Waals surface area contributed by atoms with Crippen LogP contribution < -0.4 is 10.6 Å². The molecule has 0 unspecified atom stereocenters. The molecule has 2 heterocycles. The molecule has 2 N–H and O–H groups in total. The minimum absolute atomic E-state index is 0.0316. The van der Waals surface area contributed by atoms with Crippen LogP contribution in [0.15, 0.2) is 29.6 Å². The molecule has 0 radical (unpaired) electrons. The Balaban J connectivity index is 1.90. The molecule has 1 amide bonds. The van der Waals surface area contributed by atoms with E-state index < -0.39 is 0 Å². The number of hydrogen-bond acceptors (Lipinski definition) is 4. The molecule has 3 rings (SSSR count). The first-order chi connectivity index (χ1) is 8.79. The monoisotopic (exact) mass is 259 g/mol. The number of hydrogen-bond donors (Lipinski definition) is 1. The zero-order chi connectivity index (χ0) is 12.5. The summed E-state index contributed by atoms with van der Waals surface area (Å²) in [4.78, 5) is 18.4. The van der Waals surface area contributed by atoms with Crippen molar-refractivity contribution in [2.45, 2.75) is 13.0 Å². The average molecular weight is 259 g/mol. The highest BCUT2D eigenvalue weighted by molar-refractivity contribution is 7.09. The van der Waals surface area contributed by atoms with Gasteiger partial charge in [-0.25, -0.2) is 4.98 Å². The molecule has 0 spiro atoms. The smallest absolute Gasteiger partial charge is 0.277 e. The minimum Gasteiger partial charge on any atom is -0.325 e. The SMILES string of the molecule is NCc1nc(C(=O)N2CCc3ccccc32)cs1. The Bertz CT molecular complexity index is 593. The van der Waals surface area contributed by atoms with Crippen LogP contribution in [0.5, 0.6) is 0 Å². The van der Waals surface area contributed by atoms with Crippen molar-refractivity contribution in [1.29, 1.82) is 0 Å². The fourth-order valence-corrected chi connectivity index (χ4v) is 2.84. The van der Waals surface area contributed by atoms with Crippen molar-refractivity contribution in [3.8, 4) is 0 Å². The average Bonchev–Trinajstić information content (AvgIpc) is 3.04. The number of nitrogens with zero attached hydrogens (tertiary/aromatic N) is 2. The topological polar surface area (TPSA) is 59.2 Å². The highest BCUT2D eigenvalue weighted by atomic mass is 32.1. The van der Waals surface area contributed by atoms with E-state index in [9.17, 15) is 4.79 Å². The van der Waals surface area contributed by atoms with Crippen molar-refractivity contribution in [3.05, 3.63) is 45.9 Å². The number of amides is 1. The van der Waals surface area contributed by atoms with Crippen molar-refractivity contribution in [2.24, 2.45) is 5.73 Å². The highest BCUT2D eigenvalue weighted by Gasteiger charge is 2.26. The number of anilines is 1. The molecule has 1 aromatic carbocycles. The van der Waals surface area contributed by atoms with Crippen molar-refractivity contribution in [2.75, 3.05) is 11.4 Å². The Morgan fingerprint density at radius 1 is 1.44 bits per heavy atom. The van der Waals surface area contributed by atoms with Crippen molar-refractivity contribution in [3.63, 3.8) is 0 Å². The third kappa shape index (κ3) is 1.81. The van der Waals surface area contributed by atoms with Gasteiger partial charge in [-0.05, 0) is 18.1 Å². The fourth-order valence-electron chi connectivity index (χ4n) is 2.19. The van der Waals surface area contributed by atoms with Crippen LogP contribution in [0.25, 0.3) is 0 Å². The first-order valence-electron chi connectivity index (χ1n) is 5.84. The maximum Gasteiger partial charge on any atom is 0.277 e. The summed E-state index contributed by atoms with van der Waals surface area (Å²) < 4.78 is 0. The molecule has 0 saturated heterocycles. The lowest BCUT2D eigenvalue weighted by Crippen LogP contribution is -2.29. The van der Waals surface area contributed by atoms with E-state index in [0.29, 0.717) is 12.2 Å². The van der Waals surface area contributed by atoms with Gasteiger partial charge in [0.2, 0.25) is 0 Å². The van der Waals surface area contributed by atoms with Crippen LogP contribution >= 0.6 is 11.3 Å². The van der Waals surface area contributed by atoms with Gasteiger partial charge in [0.05, 0.1) is 0 Å². The van der Waals surface area contributed by atoms with Crippen molar-refractivity contribution in [1.82, 2.24) is 4.98 Å². The number of nitrogens with two attached hydrogens (primary N) is 1. The molecule has 2 aromatic rings. The summed E-state index contributed by atoms with van der Waals surface area (Å²) in [5.74, 6) is -0.0316. The third-order valence-electron chi connectivity index (χ3n) is 3.08. The molecule has 4 nitrogen and oxygen atoms in total. The number of fused-ring (bicyclic) bond motifs is 1. The molecule has 0 aliphatic carbocycles. The zero-order valence-corrected chi connectivity index (χ0v) is 10.6. The first kappa shape index (κ1) is 11.4. The number of para-hydroxylation sites is 1. The first-order valence-corrected chi connectivity index (χ1v) is 6.72. The highest BCUT2D eigenvalue weighted by Crippen LogP contribution is 2.28. The minimum atomic E-state index is -0.0316. The van der Waals surface area contributed by atoms with Gasteiger partial charge >= 0.3 is 0 Å². The van der Waals surface area contributed by atoms with Crippen LogP contribution in [-0.2, 0) is 13.0 Å². The van der Waals surface area contributed by atoms with E-state index in [2.05, 4.69) is 11.1 Å². The second-order valence-electron chi connectivity index (χ2n) is 4.17. The summed E-state index contributed by atoms with van der Waals surface area (Å²) in [5.41, 5.74) is 8.24. The van der Waals surface area contributed by atoms with E-state index in [-0.39, 0.29) is 5.91 Å². The van der Waals surface area contributed by atoms with Gasteiger partial charge in [0.1, 0.15) is 10.7 Å². The number of rotatable bonds is 2. The van der Waals surface area contributed by atoms with E-state index in [1.807, 2.05) is 18.2 Å². The van der Waals surface area contributed by atoms with Gasteiger partial charge in [0.15, 0.2) is 0 Å². The molecule has 18 heavy (non-hydrogen) atoms. The predicted molar refractivity (Wildman–Crippen MR) is 71.8 cm³/mol. The summed E-state index contributed by atoms with van der Waals surface area (Å²) in [7, 11) is 0. The van der Waals surface area contributed by atoms with E-state index in [1.165, 1.54) is 16.9 Å². The largest absolute Gasteiger partial charge is 0.325 e. The van der Waals surface area contributed by atoms with Crippen LogP contribution in [-0.4, -0.2) is 17.4 Å². The van der Waals surface area contributed by atoms with Crippen LogP contribution in [0.2, 0.25) is 0 Å². The standard InChI is InChI=1S/C13H13N3OS/c14-7-12-15-10(8-18-12)13(17)16-6-5-9-3-1-2-4-11(9)16/h1-4,8H,5-7,14H2. The molecule has 1 aromatic heterocycles. The Hall–Kier alpha value is -1.72. The van der Waals surface area contributed by atoms with E-state index >= 15 is 0 Å². The molecule has 1 aliphatic heterocycles. The van der Waals surface area contributed by atoms with Gasteiger partial charge in [-0.3, -0.25) is 4.79 Å². The Morgan fingerprint density at radius 2 is 2.28 bits per heavy atom. The number of thiazole rings is 1. The predicted octanol–water partition coefficient (Wildman–Crippen LogP) is 1.80. The normalized spacial score (nSPS) is 13.7. The zero-order valence-electron chi connectivity index (χ0n) is 9.80. The number of aromatic nitrogens is 1. The molecule has 0 atom stereocenters. The lowest BCUT2D eigenvalue weighted by Gasteiger charge is -2.15. The van der Waals surface area contributed by atoms with E-state index in [4.69, 9.17) is 5.73 Å². The second-order valence-corrected chi connectivity index (χ2v) is 5.11. The molecule has 1 aliphatic rings. The van der Waals surface area contributed by atoms with E-state index in [0.717, 1.165) is 23.7 Å². The Labute approximate surface area is 109 Å². The van der Waals surface area contributed by atoms with Gasteiger partial charge < -0.3 is 10.6 Å². The Kier molecular flexibility index (Phi) is 2.85. The third-order valence-corrected chi connectivity index (χ3v) is 3.95. The van der Waals surface area contributed by atoms with Gasteiger partial charge in [-0.1, -0.05) is 18.2 Å². The molecular weight excluding hydrogens is 246 g/mol. The maximum atomic E-state index is 12.4. The number of benzene rings is 1. The molecule has 92 valence electrons. The second kappa shape index (κ2) is 4.51. The van der Waals surface area contributed by atoms with Crippen LogP contribution in [0.4, 0.5) is 5.69 Å². The summed E-state index contributed by atoms with van der Waals surface area (Å²) in [6, 6.07) is 8.00. The van der Waals surface area contributed by atoms with Crippen LogP contribution in [0.1, 0.15) is 21.1 Å². The summed E-state index contributed by atoms with van der Waals surface area (Å²) >= 11 is 1.43. The van der Waals surface area contributed by atoms with Gasteiger partial charge in [0.25, 0.3) is 5.91 Å².